The Morgan fingerprint density at radius 2 is 1.04 bits per heavy atom. The third kappa shape index (κ3) is 5.93. The van der Waals surface area contributed by atoms with E-state index in [1.54, 1.807) is 11.1 Å². The fourth-order valence-electron chi connectivity index (χ4n) is 14.6. The number of anilines is 5. The fourth-order valence-corrected chi connectivity index (χ4v) is 14.6. The molecule has 0 radical (unpaired) electrons. The number of hydrogen-bond donors (Lipinski definition) is 0. The third-order valence-electron chi connectivity index (χ3n) is 18.8. The van der Waals surface area contributed by atoms with E-state index in [0.29, 0.717) is 0 Å². The zero-order valence-corrected chi connectivity index (χ0v) is 43.7. The lowest BCUT2D eigenvalue weighted by molar-refractivity contribution is 0.331. The largest absolute Gasteiger partial charge is 0.376 e. The van der Waals surface area contributed by atoms with Crippen LogP contribution >= 0.6 is 0 Å². The molecule has 6 aliphatic rings. The predicted molar refractivity (Wildman–Crippen MR) is 300 cm³/mol. The maximum absolute atomic E-state index is 2.81. The topological polar surface area (TPSA) is 6.48 Å². The number of rotatable bonds is 10. The van der Waals surface area contributed by atoms with E-state index in [1.165, 1.54) is 169 Å². The molecule has 3 heterocycles. The molecule has 7 aromatic carbocycles. The van der Waals surface area contributed by atoms with Crippen LogP contribution in [0.25, 0.3) is 33.4 Å². The predicted octanol–water partition coefficient (Wildman–Crippen LogP) is 16.7. The monoisotopic (exact) mass is 915 g/mol. The molecule has 352 valence electrons. The van der Waals surface area contributed by atoms with Crippen LogP contribution in [0.1, 0.15) is 176 Å². The van der Waals surface area contributed by atoms with Crippen LogP contribution in [0.5, 0.6) is 0 Å². The van der Waals surface area contributed by atoms with Crippen LogP contribution in [0, 0.1) is 0 Å². The fraction of sp³-hybridized carbons (Fsp3) is 0.373. The number of benzene rings is 7. The lowest BCUT2D eigenvalue weighted by Gasteiger charge is -2.51. The van der Waals surface area contributed by atoms with Crippen molar-refractivity contribution < 1.29 is 0 Å². The minimum absolute atomic E-state index is 0.0225. The minimum Gasteiger partial charge on any atom is -0.376 e. The number of nitrogens with zero attached hydrogens (tertiary/aromatic N) is 2. The van der Waals surface area contributed by atoms with Gasteiger partial charge in [0.15, 0.2) is 0 Å². The molecule has 0 saturated heterocycles. The van der Waals surface area contributed by atoms with Gasteiger partial charge in [0.2, 0.25) is 0 Å². The Balaban J connectivity index is 1.15. The standard InChI is InChI=1S/C67H71BN2/c1-11-14-19-41-24-28-44(29-25-41)70-60-39-47-46-37-54-55(65(6,7)33-32-64(54,4)5)40-53(46)66(8,9)52(47)38-48(60)50-36-49-45-22-17-18-23-51(45)67(10)56-34-42(20-15-12-2)26-30-58(56)69-59-31-27-43(21-16-13-3)35-57(59)68(70)62(50)63(69)61(49)67/h17-18,22-31,34-40H,11-16,19-21,32-33H2,1-10H3. The molecule has 3 heteroatoms. The number of unbranched alkanes of at least 4 members (excludes halogenated alkanes) is 3. The number of aryl methyl sites for hydroxylation is 3. The summed E-state index contributed by atoms with van der Waals surface area (Å²) in [5, 5.41) is 0. The number of hydrogen-bond acceptors (Lipinski definition) is 2. The summed E-state index contributed by atoms with van der Waals surface area (Å²) in [4.78, 5) is 5.56. The van der Waals surface area contributed by atoms with Crippen LogP contribution in [-0.2, 0) is 40.9 Å². The molecule has 13 rings (SSSR count). The van der Waals surface area contributed by atoms with Crippen molar-refractivity contribution >= 4 is 46.2 Å². The molecule has 0 bridgehead atoms. The van der Waals surface area contributed by atoms with Crippen LogP contribution in [0.4, 0.5) is 28.4 Å². The lowest BCUT2D eigenvalue weighted by Crippen LogP contribution is -2.62. The van der Waals surface area contributed by atoms with Gasteiger partial charge in [-0.2, -0.15) is 0 Å². The van der Waals surface area contributed by atoms with E-state index in [9.17, 15) is 0 Å². The molecule has 1 unspecified atom stereocenters. The Kier molecular flexibility index (Phi) is 9.69. The van der Waals surface area contributed by atoms with E-state index in [1.807, 2.05) is 0 Å². The zero-order chi connectivity index (χ0) is 48.2. The first-order valence-electron chi connectivity index (χ1n) is 27.4. The zero-order valence-electron chi connectivity index (χ0n) is 43.7. The van der Waals surface area contributed by atoms with Gasteiger partial charge in [0.25, 0.3) is 0 Å². The molecule has 3 aliphatic heterocycles. The highest BCUT2D eigenvalue weighted by molar-refractivity contribution is 6.93. The van der Waals surface area contributed by atoms with Crippen molar-refractivity contribution in [1.82, 2.24) is 0 Å². The molecular weight excluding hydrogens is 844 g/mol. The molecular formula is C67H71BN2. The molecule has 0 spiro atoms. The molecule has 2 nitrogen and oxygen atoms in total. The summed E-state index contributed by atoms with van der Waals surface area (Å²) in [6.45, 7) is 24.5. The highest BCUT2D eigenvalue weighted by Gasteiger charge is 2.56. The first-order valence-corrected chi connectivity index (χ1v) is 27.4. The summed E-state index contributed by atoms with van der Waals surface area (Å²) in [5.74, 6) is 0. The Hall–Kier alpha value is -5.80. The van der Waals surface area contributed by atoms with Gasteiger partial charge in [-0.1, -0.05) is 148 Å². The molecule has 0 amide bonds. The lowest BCUT2D eigenvalue weighted by atomic mass is 9.42. The normalized spacial score (nSPS) is 19.1. The Morgan fingerprint density at radius 3 is 1.74 bits per heavy atom. The summed E-state index contributed by atoms with van der Waals surface area (Å²) in [5.41, 5.74) is 32.5. The van der Waals surface area contributed by atoms with Crippen LogP contribution in [0.2, 0.25) is 0 Å². The van der Waals surface area contributed by atoms with E-state index >= 15 is 0 Å². The van der Waals surface area contributed by atoms with Crippen molar-refractivity contribution in [1.29, 1.82) is 0 Å². The van der Waals surface area contributed by atoms with E-state index in [4.69, 9.17) is 0 Å². The van der Waals surface area contributed by atoms with Crippen LogP contribution < -0.4 is 20.6 Å². The second-order valence-electron chi connectivity index (χ2n) is 24.4. The molecule has 0 N–H and O–H groups in total. The third-order valence-corrected chi connectivity index (χ3v) is 18.8. The van der Waals surface area contributed by atoms with Crippen LogP contribution in [0.15, 0.2) is 115 Å². The van der Waals surface area contributed by atoms with Gasteiger partial charge < -0.3 is 9.71 Å². The van der Waals surface area contributed by atoms with Crippen molar-refractivity contribution in [3.8, 4) is 33.4 Å². The van der Waals surface area contributed by atoms with Crippen LogP contribution in [-0.4, -0.2) is 6.85 Å². The Morgan fingerprint density at radius 1 is 0.457 bits per heavy atom. The van der Waals surface area contributed by atoms with Gasteiger partial charge in [0, 0.05) is 39.1 Å². The van der Waals surface area contributed by atoms with Gasteiger partial charge in [0.05, 0.1) is 5.69 Å². The Labute approximate surface area is 419 Å². The molecule has 7 aromatic rings. The maximum atomic E-state index is 2.81. The van der Waals surface area contributed by atoms with E-state index in [2.05, 4.69) is 194 Å². The Bertz CT molecular complexity index is 3350. The van der Waals surface area contributed by atoms with Gasteiger partial charge in [0.1, 0.15) is 0 Å². The van der Waals surface area contributed by atoms with E-state index in [-0.39, 0.29) is 28.5 Å². The van der Waals surface area contributed by atoms with Crippen molar-refractivity contribution in [2.24, 2.45) is 0 Å². The summed E-state index contributed by atoms with van der Waals surface area (Å²) in [6, 6.07) is 47.7. The molecule has 0 aromatic heterocycles. The van der Waals surface area contributed by atoms with Crippen molar-refractivity contribution in [2.75, 3.05) is 9.71 Å². The molecule has 1 atom stereocenters. The summed E-state index contributed by atoms with van der Waals surface area (Å²) < 4.78 is 0. The minimum atomic E-state index is -0.304. The highest BCUT2D eigenvalue weighted by Crippen LogP contribution is 2.65. The van der Waals surface area contributed by atoms with E-state index < -0.39 is 0 Å². The maximum Gasteiger partial charge on any atom is 0.333 e. The van der Waals surface area contributed by atoms with Crippen molar-refractivity contribution in [3.63, 3.8) is 0 Å². The van der Waals surface area contributed by atoms with Gasteiger partial charge in [-0.25, -0.2) is 0 Å². The smallest absolute Gasteiger partial charge is 0.333 e. The molecule has 0 saturated carbocycles. The van der Waals surface area contributed by atoms with Crippen LogP contribution in [0.3, 0.4) is 0 Å². The first-order chi connectivity index (χ1) is 33.7. The van der Waals surface area contributed by atoms with Gasteiger partial charge >= 0.3 is 6.85 Å². The van der Waals surface area contributed by atoms with Crippen molar-refractivity contribution in [2.45, 2.75) is 162 Å². The molecule has 0 fully saturated rings. The summed E-state index contributed by atoms with van der Waals surface area (Å²) in [7, 11) is 0. The number of fused-ring (bicyclic) bond motifs is 15. The second kappa shape index (κ2) is 15.4. The average Bonchev–Trinajstić information content (AvgIpc) is 3.76. The molecule has 3 aliphatic carbocycles. The SMILES string of the molecule is CCCCc1ccc(N2B3c4cc(CCCC)ccc4N4c5ccc(CCCC)cc5C5(C)c6ccccc6-c6cc(c3c4c65)-c3cc4c(cc32)-c2cc3c(cc2C4(C)C)C(C)(C)CCC3(C)C)cc1. The highest BCUT2D eigenvalue weighted by atomic mass is 15.2. The summed E-state index contributed by atoms with van der Waals surface area (Å²) in [6.07, 6.45) is 12.9. The molecule has 70 heavy (non-hydrogen) atoms. The quantitative estimate of drug-likeness (QED) is 0.126. The summed E-state index contributed by atoms with van der Waals surface area (Å²) >= 11 is 0. The first kappa shape index (κ1) is 44.2. The van der Waals surface area contributed by atoms with Gasteiger partial charge in [-0.3, -0.25) is 0 Å². The average molecular weight is 915 g/mol. The van der Waals surface area contributed by atoms with Crippen molar-refractivity contribution in [3.05, 3.63) is 171 Å². The van der Waals surface area contributed by atoms with Gasteiger partial charge in [-0.15, -0.1) is 0 Å². The second-order valence-corrected chi connectivity index (χ2v) is 24.4. The van der Waals surface area contributed by atoms with Gasteiger partial charge in [-0.05, 0) is 212 Å². The van der Waals surface area contributed by atoms with E-state index in [0.717, 1.165) is 19.3 Å².